The normalized spacial score (nSPS) is 11.7. The summed E-state index contributed by atoms with van der Waals surface area (Å²) in [4.78, 5) is 7.86. The van der Waals surface area contributed by atoms with Crippen LogP contribution in [0.25, 0.3) is 0 Å². The Morgan fingerprint density at radius 3 is 1.97 bits per heavy atom. The molecule has 1 heterocycles. The molecule has 0 atom stereocenters. The lowest BCUT2D eigenvalue weighted by Gasteiger charge is -2.10. The van der Waals surface area contributed by atoms with Gasteiger partial charge in [0, 0.05) is 17.6 Å². The fourth-order valence-electron chi connectivity index (χ4n) is 2.48. The molecule has 9 nitrogen and oxygen atoms in total. The van der Waals surface area contributed by atoms with Crippen molar-refractivity contribution >= 4 is 31.7 Å². The largest absolute Gasteiger partial charge is 0.494 e. The van der Waals surface area contributed by atoms with E-state index >= 15 is 0 Å². The third-order valence-electron chi connectivity index (χ3n) is 3.88. The number of aromatic nitrogens is 2. The van der Waals surface area contributed by atoms with Gasteiger partial charge in [0.2, 0.25) is 5.95 Å². The van der Waals surface area contributed by atoms with Crippen molar-refractivity contribution in [3.8, 4) is 5.75 Å². The van der Waals surface area contributed by atoms with Crippen molar-refractivity contribution in [1.29, 1.82) is 0 Å². The number of anilines is 2. The predicted octanol–water partition coefficient (Wildman–Crippen LogP) is 2.79. The van der Waals surface area contributed by atoms with Gasteiger partial charge in [-0.1, -0.05) is 0 Å². The molecule has 0 fully saturated rings. The van der Waals surface area contributed by atoms with E-state index in [1.54, 1.807) is 25.1 Å². The van der Waals surface area contributed by atoms with E-state index in [9.17, 15) is 16.8 Å². The summed E-state index contributed by atoms with van der Waals surface area (Å²) in [6.45, 7) is 4.02. The highest BCUT2D eigenvalue weighted by molar-refractivity contribution is 7.93. The number of hydrogen-bond acceptors (Lipinski definition) is 7. The van der Waals surface area contributed by atoms with Gasteiger partial charge in [0.15, 0.2) is 0 Å². The maximum atomic E-state index is 12.5. The molecule has 30 heavy (non-hydrogen) atoms. The summed E-state index contributed by atoms with van der Waals surface area (Å²) < 4.78 is 60.0. The van der Waals surface area contributed by atoms with Gasteiger partial charge in [-0.25, -0.2) is 31.5 Å². The van der Waals surface area contributed by atoms with Crippen LogP contribution in [-0.2, 0) is 20.0 Å². The minimum absolute atomic E-state index is 0.0460. The molecule has 3 rings (SSSR count). The van der Waals surface area contributed by atoms with Crippen LogP contribution >= 0.6 is 0 Å². The molecule has 11 heteroatoms. The summed E-state index contributed by atoms with van der Waals surface area (Å²) in [6.07, 6.45) is 1.44. The smallest absolute Gasteiger partial charge is 0.264 e. The Hall–Kier alpha value is -3.18. The van der Waals surface area contributed by atoms with Gasteiger partial charge in [-0.05, 0) is 68.4 Å². The quantitative estimate of drug-likeness (QED) is 0.542. The summed E-state index contributed by atoms with van der Waals surface area (Å²) in [7, 11) is -7.76. The number of rotatable bonds is 8. The summed E-state index contributed by atoms with van der Waals surface area (Å²) in [6, 6.07) is 12.9. The number of ether oxygens (including phenoxy) is 1. The minimum atomic E-state index is -3.92. The fraction of sp³-hybridized carbons (Fsp3) is 0.158. The van der Waals surface area contributed by atoms with Crippen molar-refractivity contribution in [1.82, 2.24) is 9.97 Å². The zero-order valence-corrected chi connectivity index (χ0v) is 17.9. The van der Waals surface area contributed by atoms with Crippen LogP contribution in [0.2, 0.25) is 0 Å². The van der Waals surface area contributed by atoms with E-state index in [0.29, 0.717) is 18.1 Å². The van der Waals surface area contributed by atoms with Crippen LogP contribution in [0.4, 0.5) is 11.6 Å². The highest BCUT2D eigenvalue weighted by atomic mass is 32.2. The van der Waals surface area contributed by atoms with Crippen molar-refractivity contribution in [3.63, 3.8) is 0 Å². The Morgan fingerprint density at radius 1 is 0.833 bits per heavy atom. The molecule has 2 aromatic carbocycles. The second-order valence-corrected chi connectivity index (χ2v) is 9.53. The third-order valence-corrected chi connectivity index (χ3v) is 6.62. The van der Waals surface area contributed by atoms with Gasteiger partial charge in [0.25, 0.3) is 20.0 Å². The molecule has 2 N–H and O–H groups in total. The first-order valence-electron chi connectivity index (χ1n) is 8.88. The third kappa shape index (κ3) is 5.24. The topological polar surface area (TPSA) is 127 Å². The molecule has 0 aliphatic heterocycles. The Bertz CT molecular complexity index is 1230. The molecule has 0 saturated heterocycles. The molecule has 0 spiro atoms. The van der Waals surface area contributed by atoms with Gasteiger partial charge in [-0.15, -0.1) is 0 Å². The van der Waals surface area contributed by atoms with Crippen LogP contribution in [0.5, 0.6) is 5.75 Å². The summed E-state index contributed by atoms with van der Waals surface area (Å²) >= 11 is 0. The van der Waals surface area contributed by atoms with Gasteiger partial charge in [0.05, 0.1) is 16.4 Å². The molecule has 158 valence electrons. The average molecular weight is 449 g/mol. The first-order chi connectivity index (χ1) is 14.2. The van der Waals surface area contributed by atoms with Gasteiger partial charge in [-0.2, -0.15) is 0 Å². The molecule has 0 aliphatic carbocycles. The zero-order chi connectivity index (χ0) is 21.8. The van der Waals surface area contributed by atoms with Crippen molar-refractivity contribution in [3.05, 3.63) is 66.5 Å². The summed E-state index contributed by atoms with van der Waals surface area (Å²) in [5.74, 6) is 0.520. The number of nitrogens with zero attached hydrogens (tertiary/aromatic N) is 2. The lowest BCUT2D eigenvalue weighted by Crippen LogP contribution is -2.16. The first-order valence-corrected chi connectivity index (χ1v) is 11.8. The van der Waals surface area contributed by atoms with Gasteiger partial charge in [0.1, 0.15) is 5.75 Å². The molecule has 1 aromatic heterocycles. The highest BCUT2D eigenvalue weighted by Crippen LogP contribution is 2.21. The maximum Gasteiger partial charge on any atom is 0.264 e. The van der Waals surface area contributed by atoms with Crippen LogP contribution in [0.15, 0.2) is 70.6 Å². The SMILES string of the molecule is CCOc1ccc(S(=O)(=O)Nc2ccc(S(=O)(=O)Nc3nccc(C)n3)cc2)cc1. The number of hydrogen-bond donors (Lipinski definition) is 2. The van der Waals surface area contributed by atoms with Crippen molar-refractivity contribution < 1.29 is 21.6 Å². The van der Waals surface area contributed by atoms with E-state index < -0.39 is 20.0 Å². The predicted molar refractivity (Wildman–Crippen MR) is 112 cm³/mol. The van der Waals surface area contributed by atoms with Crippen molar-refractivity contribution in [2.24, 2.45) is 0 Å². The second kappa shape index (κ2) is 8.67. The minimum Gasteiger partial charge on any atom is -0.494 e. The van der Waals surface area contributed by atoms with Gasteiger partial charge in [-0.3, -0.25) is 4.72 Å². The van der Waals surface area contributed by atoms with E-state index in [1.165, 1.54) is 42.6 Å². The Labute approximate surface area is 175 Å². The van der Waals surface area contributed by atoms with E-state index in [1.807, 2.05) is 6.92 Å². The Morgan fingerprint density at radius 2 is 1.40 bits per heavy atom. The lowest BCUT2D eigenvalue weighted by atomic mass is 10.3. The molecular formula is C19H20N4O5S2. The highest BCUT2D eigenvalue weighted by Gasteiger charge is 2.18. The molecule has 0 bridgehead atoms. The number of aryl methyl sites for hydroxylation is 1. The Balaban J connectivity index is 1.74. The van der Waals surface area contributed by atoms with E-state index in [-0.39, 0.29) is 21.4 Å². The number of sulfonamides is 2. The monoisotopic (exact) mass is 448 g/mol. The van der Waals surface area contributed by atoms with Crippen LogP contribution in [0, 0.1) is 6.92 Å². The maximum absolute atomic E-state index is 12.5. The molecule has 0 amide bonds. The van der Waals surface area contributed by atoms with Crippen molar-refractivity contribution in [2.75, 3.05) is 16.1 Å². The molecule has 0 aliphatic rings. The molecule has 0 saturated carbocycles. The first kappa shape index (κ1) is 21.5. The van der Waals surface area contributed by atoms with E-state index in [0.717, 1.165) is 0 Å². The van der Waals surface area contributed by atoms with Crippen LogP contribution in [-0.4, -0.2) is 33.4 Å². The van der Waals surface area contributed by atoms with Crippen LogP contribution < -0.4 is 14.2 Å². The second-order valence-electron chi connectivity index (χ2n) is 6.16. The fourth-order valence-corrected chi connectivity index (χ4v) is 4.48. The van der Waals surface area contributed by atoms with E-state index in [4.69, 9.17) is 4.74 Å². The lowest BCUT2D eigenvalue weighted by molar-refractivity contribution is 0.340. The van der Waals surface area contributed by atoms with Crippen molar-refractivity contribution in [2.45, 2.75) is 23.6 Å². The summed E-state index contributed by atoms with van der Waals surface area (Å²) in [5.41, 5.74) is 0.830. The number of benzene rings is 2. The Kier molecular flexibility index (Phi) is 6.22. The van der Waals surface area contributed by atoms with Gasteiger partial charge >= 0.3 is 0 Å². The molecule has 0 radical (unpaired) electrons. The van der Waals surface area contributed by atoms with Gasteiger partial charge < -0.3 is 4.74 Å². The van der Waals surface area contributed by atoms with E-state index in [2.05, 4.69) is 19.4 Å². The van der Waals surface area contributed by atoms with Crippen LogP contribution in [0.3, 0.4) is 0 Å². The zero-order valence-electron chi connectivity index (χ0n) is 16.2. The standard InChI is InChI=1S/C19H20N4O5S2/c1-3-28-16-6-10-18(11-7-16)29(24,25)22-15-4-8-17(9-5-15)30(26,27)23-19-20-13-12-14(2)21-19/h4-13,22H,3H2,1-2H3,(H,20,21,23). The summed E-state index contributed by atoms with van der Waals surface area (Å²) in [5, 5.41) is 0. The number of nitrogens with one attached hydrogen (secondary N) is 2. The average Bonchev–Trinajstić information content (AvgIpc) is 2.68. The molecule has 3 aromatic rings. The van der Waals surface area contributed by atoms with Crippen LogP contribution in [0.1, 0.15) is 12.6 Å². The molecular weight excluding hydrogens is 428 g/mol. The molecule has 0 unspecified atom stereocenters.